The SMILES string of the molecule is CCCN(CCN)CCNC.CCCN(CCNC)CCNC(=O)CCCl.CCCN(CCNC)CCNC(=O)CCSC(N)=[NH2+].NC(N)=S.O=C(Cl)CCCl. The van der Waals surface area contributed by atoms with E-state index in [9.17, 15) is 14.4 Å². The molecule has 21 heteroatoms. The van der Waals surface area contributed by atoms with E-state index in [0.717, 1.165) is 91.4 Å². The Morgan fingerprint density at radius 1 is 0.625 bits per heavy atom. The summed E-state index contributed by atoms with van der Waals surface area (Å²) >= 11 is 20.8. The molecule has 0 aliphatic heterocycles. The molecule has 0 saturated carbocycles. The Morgan fingerprint density at radius 2 is 0.964 bits per heavy atom. The van der Waals surface area contributed by atoms with Gasteiger partial charge in [0, 0.05) is 115 Å². The van der Waals surface area contributed by atoms with E-state index in [4.69, 9.17) is 51.7 Å². The number of carbonyl (C=O) groups is 3. The van der Waals surface area contributed by atoms with Crippen LogP contribution in [0, 0.1) is 0 Å². The molecule has 0 aromatic carbocycles. The van der Waals surface area contributed by atoms with Crippen LogP contribution in [0.5, 0.6) is 0 Å². The molecular formula is C35H81Cl3N13O3S2+. The normalized spacial score (nSPS) is 10.2. The Morgan fingerprint density at radius 3 is 1.23 bits per heavy atom. The van der Waals surface area contributed by atoms with Crippen LogP contribution < -0.4 is 54.9 Å². The zero-order chi connectivity index (χ0) is 43.8. The number of nitrogens with zero attached hydrogens (tertiary/aromatic N) is 3. The standard InChI is InChI=1S/C12H27N5OS.C11H24ClN3O.C8H21N3.C3H4Cl2O.CH4N2S/c1-3-7-17(8-5-15-2)9-6-16-11(18)4-10-19-12(13)14;1-3-8-15(9-6-13-2)10-7-14-11(16)4-5-12;1-3-6-11(7-4-9)8-5-10-2;4-2-1-3(5)6;2-1(3)4/h15H,3-10H2,1-2H3,(H3,13,14)(H,16,18);13H,3-10H2,1-2H3,(H,14,16);10H,3-9H2,1-2H3;1-2H2;(H4,2,3,4)/p+1. The quantitative estimate of drug-likeness (QED) is 0.0141. The molecule has 0 aliphatic carbocycles. The lowest BCUT2D eigenvalue weighted by Crippen LogP contribution is -2.43. The van der Waals surface area contributed by atoms with E-state index in [1.807, 2.05) is 21.1 Å². The summed E-state index contributed by atoms with van der Waals surface area (Å²) in [5, 5.41) is 20.4. The van der Waals surface area contributed by atoms with Crippen molar-refractivity contribution < 1.29 is 19.8 Å². The predicted octanol–water partition coefficient (Wildman–Crippen LogP) is -0.660. The molecule has 336 valence electrons. The van der Waals surface area contributed by atoms with E-state index in [1.165, 1.54) is 24.7 Å². The average Bonchev–Trinajstić information content (AvgIpc) is 3.12. The summed E-state index contributed by atoms with van der Waals surface area (Å²) in [6.07, 6.45) is 4.60. The summed E-state index contributed by atoms with van der Waals surface area (Å²) in [7, 11) is 5.88. The zero-order valence-corrected chi connectivity index (χ0v) is 39.3. The van der Waals surface area contributed by atoms with Crippen LogP contribution in [-0.4, -0.2) is 179 Å². The fourth-order valence-corrected chi connectivity index (χ4v) is 5.31. The van der Waals surface area contributed by atoms with Crippen molar-refractivity contribution in [3.63, 3.8) is 0 Å². The molecule has 0 spiro atoms. The molecule has 0 aromatic heterocycles. The number of alkyl halides is 2. The number of thiocarbonyl (C=S) groups is 1. The molecule has 0 unspecified atom stereocenters. The summed E-state index contributed by atoms with van der Waals surface area (Å²) in [4.78, 5) is 39.5. The minimum atomic E-state index is -0.370. The van der Waals surface area contributed by atoms with Crippen molar-refractivity contribution in [2.24, 2.45) is 22.9 Å². The molecular weight excluding hydrogens is 821 g/mol. The Balaban J connectivity index is -0.000000211. The third-order valence-corrected chi connectivity index (χ3v) is 8.12. The largest absolute Gasteiger partial charge is 0.377 e. The number of hydrogen-bond acceptors (Lipinski definition) is 12. The Bertz CT molecular complexity index is 899. The van der Waals surface area contributed by atoms with Crippen LogP contribution in [0.1, 0.15) is 59.3 Å². The van der Waals surface area contributed by atoms with Crippen LogP contribution in [0.25, 0.3) is 0 Å². The van der Waals surface area contributed by atoms with E-state index in [-0.39, 0.29) is 28.6 Å². The molecule has 0 rings (SSSR count). The van der Waals surface area contributed by atoms with Crippen LogP contribution in [0.4, 0.5) is 0 Å². The lowest BCUT2D eigenvalue weighted by molar-refractivity contribution is -0.121. The van der Waals surface area contributed by atoms with Crippen molar-refractivity contribution >= 4 is 86.1 Å². The lowest BCUT2D eigenvalue weighted by Gasteiger charge is -2.21. The van der Waals surface area contributed by atoms with Crippen molar-refractivity contribution in [3.05, 3.63) is 0 Å². The van der Waals surface area contributed by atoms with Crippen molar-refractivity contribution in [1.29, 1.82) is 0 Å². The number of amidine groups is 1. The van der Waals surface area contributed by atoms with E-state index in [1.54, 1.807) is 0 Å². The maximum atomic E-state index is 11.5. The Kier molecular flexibility index (Phi) is 61.3. The molecule has 15 N–H and O–H groups in total. The maximum Gasteiger partial charge on any atom is 0.299 e. The maximum absolute atomic E-state index is 11.5. The second-order valence-corrected chi connectivity index (χ2v) is 14.8. The minimum Gasteiger partial charge on any atom is -0.377 e. The van der Waals surface area contributed by atoms with Crippen LogP contribution in [0.2, 0.25) is 0 Å². The zero-order valence-electron chi connectivity index (χ0n) is 35.4. The minimum absolute atomic E-state index is 0.000000000000000222. The lowest BCUT2D eigenvalue weighted by atomic mass is 10.3. The van der Waals surface area contributed by atoms with Crippen LogP contribution in [0.3, 0.4) is 0 Å². The number of hydrogen-bond donors (Lipinski definition) is 10. The topological polar surface area (TPSA) is 251 Å². The van der Waals surface area contributed by atoms with Gasteiger partial charge in [0.05, 0.1) is 0 Å². The summed E-state index contributed by atoms with van der Waals surface area (Å²) in [6, 6.07) is 0. The van der Waals surface area contributed by atoms with Gasteiger partial charge in [0.1, 0.15) is 0 Å². The van der Waals surface area contributed by atoms with Gasteiger partial charge in [0.2, 0.25) is 17.1 Å². The molecule has 0 aliphatic rings. The third kappa shape index (κ3) is 64.6. The highest BCUT2D eigenvalue weighted by atomic mass is 35.5. The second kappa shape index (κ2) is 53.7. The monoisotopic (exact) mass is 901 g/mol. The third-order valence-electron chi connectivity index (χ3n) is 6.81. The Labute approximate surface area is 364 Å². The number of rotatable bonds is 30. The predicted molar refractivity (Wildman–Crippen MR) is 248 cm³/mol. The fraction of sp³-hybridized carbons (Fsp3) is 0.857. The van der Waals surface area contributed by atoms with Crippen molar-refractivity contribution in [3.8, 4) is 0 Å². The van der Waals surface area contributed by atoms with E-state index >= 15 is 0 Å². The summed E-state index contributed by atoms with van der Waals surface area (Å²) in [6.45, 7) is 21.0. The molecule has 0 heterocycles. The van der Waals surface area contributed by atoms with Crippen LogP contribution in [-0.2, 0) is 14.4 Å². The van der Waals surface area contributed by atoms with E-state index < -0.39 is 0 Å². The van der Waals surface area contributed by atoms with Gasteiger partial charge in [-0.05, 0) is 95.6 Å². The molecule has 0 fully saturated rings. The van der Waals surface area contributed by atoms with Gasteiger partial charge in [-0.3, -0.25) is 25.5 Å². The number of amides is 2. The first kappa shape index (κ1) is 63.9. The van der Waals surface area contributed by atoms with Gasteiger partial charge in [-0.25, -0.2) is 0 Å². The van der Waals surface area contributed by atoms with Gasteiger partial charge >= 0.3 is 0 Å². The number of nitrogens with one attached hydrogen (secondary N) is 5. The summed E-state index contributed by atoms with van der Waals surface area (Å²) in [5.41, 5.74) is 20.0. The summed E-state index contributed by atoms with van der Waals surface area (Å²) in [5.74, 6) is 1.44. The first-order chi connectivity index (χ1) is 26.7. The highest BCUT2D eigenvalue weighted by molar-refractivity contribution is 8.13. The van der Waals surface area contributed by atoms with Gasteiger partial charge < -0.3 is 58.5 Å². The number of halogens is 3. The number of nitrogens with two attached hydrogens (primary N) is 5. The van der Waals surface area contributed by atoms with Crippen LogP contribution in [0.15, 0.2) is 0 Å². The average molecular weight is 903 g/mol. The van der Waals surface area contributed by atoms with Crippen molar-refractivity contribution in [1.82, 2.24) is 41.3 Å². The van der Waals surface area contributed by atoms with Gasteiger partial charge in [-0.1, -0.05) is 20.8 Å². The highest BCUT2D eigenvalue weighted by Crippen LogP contribution is 1.98. The fourth-order valence-electron chi connectivity index (χ4n) is 4.25. The van der Waals surface area contributed by atoms with Gasteiger partial charge in [-0.2, -0.15) is 0 Å². The van der Waals surface area contributed by atoms with Crippen LogP contribution >= 0.6 is 58.8 Å². The smallest absolute Gasteiger partial charge is 0.299 e. The molecule has 0 saturated heterocycles. The summed E-state index contributed by atoms with van der Waals surface area (Å²) < 4.78 is 0. The molecule has 56 heavy (non-hydrogen) atoms. The van der Waals surface area contributed by atoms with E-state index in [2.05, 4.69) is 85.7 Å². The molecule has 0 radical (unpaired) electrons. The number of likely N-dealkylation sites (N-methyl/N-ethyl adjacent to an activating group) is 3. The van der Waals surface area contributed by atoms with Gasteiger partial charge in [0.15, 0.2) is 5.11 Å². The second-order valence-electron chi connectivity index (χ2n) is 12.0. The molecule has 0 atom stereocenters. The number of thioether (sulfide) groups is 1. The molecule has 0 bridgehead atoms. The van der Waals surface area contributed by atoms with Gasteiger partial charge in [0.25, 0.3) is 5.17 Å². The van der Waals surface area contributed by atoms with Crippen molar-refractivity contribution in [2.45, 2.75) is 59.3 Å². The molecule has 0 aromatic rings. The Hall–Kier alpha value is -1.29. The van der Waals surface area contributed by atoms with Gasteiger partial charge in [-0.15, -0.1) is 23.2 Å². The highest BCUT2D eigenvalue weighted by Gasteiger charge is 2.07. The number of carbonyl (C=O) groups excluding carboxylic acids is 3. The molecule has 2 amide bonds. The first-order valence-corrected chi connectivity index (χ1v) is 22.2. The van der Waals surface area contributed by atoms with E-state index in [0.29, 0.717) is 48.6 Å². The van der Waals surface area contributed by atoms with Crippen molar-refractivity contribution in [2.75, 3.05) is 137 Å². The first-order valence-electron chi connectivity index (χ1n) is 19.4. The molecule has 16 nitrogen and oxygen atoms in total.